The van der Waals surface area contributed by atoms with Gasteiger partial charge in [-0.2, -0.15) is 0 Å². The van der Waals surface area contributed by atoms with Gasteiger partial charge in [-0.3, -0.25) is 0 Å². The third kappa shape index (κ3) is 4.69. The maximum absolute atomic E-state index is 5.64. The van der Waals surface area contributed by atoms with Crippen molar-refractivity contribution < 1.29 is 4.74 Å². The molecule has 1 saturated heterocycles. The highest BCUT2D eigenvalue weighted by atomic mass is 32.1. The Morgan fingerprint density at radius 3 is 3.06 bits per heavy atom. The van der Waals surface area contributed by atoms with E-state index in [4.69, 9.17) is 4.74 Å². The third-order valence-corrected chi connectivity index (χ3v) is 4.31. The van der Waals surface area contributed by atoms with Crippen molar-refractivity contribution in [3.05, 3.63) is 21.9 Å². The van der Waals surface area contributed by atoms with Crippen LogP contribution < -0.4 is 5.32 Å². The summed E-state index contributed by atoms with van der Waals surface area (Å²) in [5, 5.41) is 3.50. The van der Waals surface area contributed by atoms with Crippen LogP contribution in [0.3, 0.4) is 0 Å². The first-order valence-electron chi connectivity index (χ1n) is 6.80. The molecule has 4 heteroatoms. The van der Waals surface area contributed by atoms with Crippen molar-refractivity contribution >= 4 is 11.3 Å². The number of nitrogens with zero attached hydrogens (tertiary/aromatic N) is 1. The Morgan fingerprint density at radius 1 is 1.50 bits per heavy atom. The van der Waals surface area contributed by atoms with Gasteiger partial charge in [0.05, 0.1) is 6.10 Å². The van der Waals surface area contributed by atoms with E-state index >= 15 is 0 Å². The molecule has 1 atom stereocenters. The van der Waals surface area contributed by atoms with Crippen LogP contribution in [0.2, 0.25) is 0 Å². The number of thiophene rings is 1. The Morgan fingerprint density at radius 2 is 2.39 bits per heavy atom. The molecule has 0 radical (unpaired) electrons. The van der Waals surface area contributed by atoms with Crippen molar-refractivity contribution in [2.24, 2.45) is 0 Å². The molecule has 0 saturated carbocycles. The summed E-state index contributed by atoms with van der Waals surface area (Å²) in [6.45, 7) is 7.30. The molecule has 2 rings (SSSR count). The molecule has 1 aliphatic heterocycles. The Bertz CT molecular complexity index is 347. The van der Waals surface area contributed by atoms with Crippen LogP contribution in [0.5, 0.6) is 0 Å². The van der Waals surface area contributed by atoms with Gasteiger partial charge in [-0.25, -0.2) is 0 Å². The van der Waals surface area contributed by atoms with E-state index in [0.29, 0.717) is 6.10 Å². The second kappa shape index (κ2) is 7.24. The first-order valence-corrected chi connectivity index (χ1v) is 7.62. The summed E-state index contributed by atoms with van der Waals surface area (Å²) in [7, 11) is 2.18. The van der Waals surface area contributed by atoms with Gasteiger partial charge >= 0.3 is 0 Å². The van der Waals surface area contributed by atoms with Gasteiger partial charge in [-0.1, -0.05) is 0 Å². The van der Waals surface area contributed by atoms with Gasteiger partial charge in [0.1, 0.15) is 0 Å². The fourth-order valence-corrected chi connectivity index (χ4v) is 3.15. The van der Waals surface area contributed by atoms with Crippen molar-refractivity contribution in [3.63, 3.8) is 0 Å². The highest BCUT2D eigenvalue weighted by Gasteiger charge is 2.16. The minimum atomic E-state index is 0.468. The van der Waals surface area contributed by atoms with Gasteiger partial charge < -0.3 is 15.0 Å². The molecule has 1 N–H and O–H groups in total. The van der Waals surface area contributed by atoms with Gasteiger partial charge in [0.15, 0.2) is 0 Å². The van der Waals surface area contributed by atoms with Gasteiger partial charge in [0.2, 0.25) is 0 Å². The molecule has 0 aromatic carbocycles. The number of likely N-dealkylation sites (N-methyl/N-ethyl adjacent to an activating group) is 1. The number of aryl methyl sites for hydroxylation is 1. The summed E-state index contributed by atoms with van der Waals surface area (Å²) in [6.07, 6.45) is 2.93. The second-order valence-corrected chi connectivity index (χ2v) is 6.46. The van der Waals surface area contributed by atoms with Crippen LogP contribution in [-0.2, 0) is 11.3 Å². The number of ether oxygens (including phenoxy) is 1. The molecule has 1 aromatic rings. The van der Waals surface area contributed by atoms with E-state index in [0.717, 1.165) is 32.8 Å². The molecule has 2 heterocycles. The lowest BCUT2D eigenvalue weighted by atomic mass is 10.2. The standard InChI is InChI=1S/C14H24N2OS/c1-12-5-6-14(18-12)10-15-7-8-16(2)11-13-4-3-9-17-13/h5-6,13,15H,3-4,7-11H2,1-2H3. The minimum absolute atomic E-state index is 0.468. The van der Waals surface area contributed by atoms with E-state index in [1.165, 1.54) is 22.6 Å². The maximum atomic E-state index is 5.64. The summed E-state index contributed by atoms with van der Waals surface area (Å²) in [5.41, 5.74) is 0. The van der Waals surface area contributed by atoms with Crippen molar-refractivity contribution in [1.29, 1.82) is 0 Å². The Kier molecular flexibility index (Phi) is 5.63. The molecule has 1 aromatic heterocycles. The van der Waals surface area contributed by atoms with Crippen molar-refractivity contribution in [3.8, 4) is 0 Å². The monoisotopic (exact) mass is 268 g/mol. The van der Waals surface area contributed by atoms with Crippen molar-refractivity contribution in [1.82, 2.24) is 10.2 Å². The van der Waals surface area contributed by atoms with Gasteiger partial charge in [-0.15, -0.1) is 11.3 Å². The first kappa shape index (κ1) is 14.0. The molecule has 1 unspecified atom stereocenters. The van der Waals surface area contributed by atoms with Crippen LogP contribution in [0.1, 0.15) is 22.6 Å². The van der Waals surface area contributed by atoms with Crippen LogP contribution in [-0.4, -0.2) is 44.3 Å². The number of nitrogens with one attached hydrogen (secondary N) is 1. The lowest BCUT2D eigenvalue weighted by molar-refractivity contribution is 0.0815. The number of hydrogen-bond acceptors (Lipinski definition) is 4. The van der Waals surface area contributed by atoms with Gasteiger partial charge in [0.25, 0.3) is 0 Å². The molecule has 0 amide bonds. The molecular formula is C14H24N2OS. The summed E-state index contributed by atoms with van der Waals surface area (Å²) < 4.78 is 5.64. The van der Waals surface area contributed by atoms with E-state index in [9.17, 15) is 0 Å². The van der Waals surface area contributed by atoms with Crippen LogP contribution in [0.15, 0.2) is 12.1 Å². The van der Waals surface area contributed by atoms with Crippen molar-refractivity contribution in [2.45, 2.75) is 32.4 Å². The highest BCUT2D eigenvalue weighted by Crippen LogP contribution is 2.14. The van der Waals surface area contributed by atoms with Crippen LogP contribution >= 0.6 is 11.3 Å². The van der Waals surface area contributed by atoms with Gasteiger partial charge in [-0.05, 0) is 38.9 Å². The summed E-state index contributed by atoms with van der Waals surface area (Å²) in [6, 6.07) is 4.40. The van der Waals surface area contributed by atoms with Crippen LogP contribution in [0.25, 0.3) is 0 Å². The highest BCUT2D eigenvalue weighted by molar-refractivity contribution is 7.11. The average Bonchev–Trinajstić information content (AvgIpc) is 2.96. The lowest BCUT2D eigenvalue weighted by Gasteiger charge is -2.20. The second-order valence-electron chi connectivity index (χ2n) is 5.09. The van der Waals surface area contributed by atoms with Gasteiger partial charge in [0, 0.05) is 42.5 Å². The summed E-state index contributed by atoms with van der Waals surface area (Å²) in [4.78, 5) is 5.18. The summed E-state index contributed by atoms with van der Waals surface area (Å²) >= 11 is 1.88. The molecule has 3 nitrogen and oxygen atoms in total. The molecule has 102 valence electrons. The van der Waals surface area contributed by atoms with Crippen molar-refractivity contribution in [2.75, 3.05) is 33.3 Å². The topological polar surface area (TPSA) is 24.5 Å². The molecule has 0 spiro atoms. The zero-order chi connectivity index (χ0) is 12.8. The predicted octanol–water partition coefficient (Wildman–Crippen LogP) is 2.26. The smallest absolute Gasteiger partial charge is 0.0702 e. The predicted molar refractivity (Wildman–Crippen MR) is 77.2 cm³/mol. The zero-order valence-electron chi connectivity index (χ0n) is 11.4. The van der Waals surface area contributed by atoms with Crippen LogP contribution in [0.4, 0.5) is 0 Å². The van der Waals surface area contributed by atoms with E-state index in [2.05, 4.69) is 36.3 Å². The maximum Gasteiger partial charge on any atom is 0.0702 e. The quantitative estimate of drug-likeness (QED) is 0.768. The normalized spacial score (nSPS) is 19.8. The number of rotatable bonds is 7. The third-order valence-electron chi connectivity index (χ3n) is 3.30. The molecule has 18 heavy (non-hydrogen) atoms. The van der Waals surface area contributed by atoms with Crippen LogP contribution in [0, 0.1) is 6.92 Å². The van der Waals surface area contributed by atoms with E-state index in [1.807, 2.05) is 11.3 Å². The van der Waals surface area contributed by atoms with E-state index < -0.39 is 0 Å². The molecule has 0 aliphatic carbocycles. The lowest BCUT2D eigenvalue weighted by Crippen LogP contribution is -2.34. The molecule has 0 bridgehead atoms. The SMILES string of the molecule is Cc1ccc(CNCCN(C)CC2CCCO2)s1. The minimum Gasteiger partial charge on any atom is -0.377 e. The average molecular weight is 268 g/mol. The van der Waals surface area contributed by atoms with E-state index in [-0.39, 0.29) is 0 Å². The largest absolute Gasteiger partial charge is 0.377 e. The Balaban J connectivity index is 1.54. The fourth-order valence-electron chi connectivity index (χ4n) is 2.29. The molecular weight excluding hydrogens is 244 g/mol. The molecule has 1 fully saturated rings. The molecule has 1 aliphatic rings. The van der Waals surface area contributed by atoms with E-state index in [1.54, 1.807) is 0 Å². The summed E-state index contributed by atoms with van der Waals surface area (Å²) in [5.74, 6) is 0. The first-order chi connectivity index (χ1) is 8.74. The fraction of sp³-hybridized carbons (Fsp3) is 0.714. The Labute approximate surface area is 114 Å². The zero-order valence-corrected chi connectivity index (χ0v) is 12.3. The number of hydrogen-bond donors (Lipinski definition) is 1. The Hall–Kier alpha value is -0.420.